The Kier molecular flexibility index (Phi) is 5.19. The van der Waals surface area contributed by atoms with E-state index in [0.717, 1.165) is 13.1 Å². The molecule has 1 aliphatic heterocycles. The molecule has 90 valence electrons. The number of aromatic nitrogens is 1. The number of aryl methyl sites for hydroxylation is 1. The zero-order chi connectivity index (χ0) is 10.7. The highest BCUT2D eigenvalue weighted by atomic mass is 35.5. The van der Waals surface area contributed by atoms with E-state index in [2.05, 4.69) is 22.9 Å². The number of nitrogens with zero attached hydrogens (tertiary/aromatic N) is 2. The summed E-state index contributed by atoms with van der Waals surface area (Å²) in [7, 11) is 0. The van der Waals surface area contributed by atoms with Crippen molar-refractivity contribution in [1.82, 2.24) is 9.88 Å². The van der Waals surface area contributed by atoms with Crippen LogP contribution in [0.3, 0.4) is 0 Å². The maximum atomic E-state index is 5.76. The summed E-state index contributed by atoms with van der Waals surface area (Å²) >= 11 is 0. The van der Waals surface area contributed by atoms with Crippen LogP contribution in [-0.2, 0) is 6.54 Å². The first-order valence-corrected chi connectivity index (χ1v) is 5.65. The molecule has 0 radical (unpaired) electrons. The van der Waals surface area contributed by atoms with Gasteiger partial charge in [-0.2, -0.15) is 0 Å². The van der Waals surface area contributed by atoms with Crippen LogP contribution < -0.4 is 5.73 Å². The van der Waals surface area contributed by atoms with E-state index in [-0.39, 0.29) is 12.4 Å². The Balaban J connectivity index is 0.00000128. The van der Waals surface area contributed by atoms with Crippen molar-refractivity contribution in [3.8, 4) is 0 Å². The van der Waals surface area contributed by atoms with Crippen LogP contribution in [0.2, 0.25) is 0 Å². The second kappa shape index (κ2) is 6.18. The third kappa shape index (κ3) is 2.94. The van der Waals surface area contributed by atoms with Crippen molar-refractivity contribution >= 4 is 12.4 Å². The van der Waals surface area contributed by atoms with Crippen LogP contribution in [0.25, 0.3) is 0 Å². The Morgan fingerprint density at radius 1 is 1.56 bits per heavy atom. The molecule has 16 heavy (non-hydrogen) atoms. The van der Waals surface area contributed by atoms with Crippen molar-refractivity contribution in [2.75, 3.05) is 13.1 Å². The van der Waals surface area contributed by atoms with Crippen molar-refractivity contribution in [1.29, 1.82) is 0 Å². The molecule has 0 aliphatic carbocycles. The molecule has 4 heteroatoms. The quantitative estimate of drug-likeness (QED) is 0.877. The molecular weight excluding hydrogens is 222 g/mol. The van der Waals surface area contributed by atoms with Gasteiger partial charge in [0.25, 0.3) is 0 Å². The van der Waals surface area contributed by atoms with Gasteiger partial charge in [0.15, 0.2) is 0 Å². The maximum Gasteiger partial charge on any atom is 0.0315 e. The normalized spacial score (nSPS) is 20.8. The van der Waals surface area contributed by atoms with E-state index >= 15 is 0 Å². The molecule has 2 rings (SSSR count). The predicted molar refractivity (Wildman–Crippen MR) is 68.7 cm³/mol. The van der Waals surface area contributed by atoms with Crippen LogP contribution in [0.15, 0.2) is 18.5 Å². The molecule has 1 unspecified atom stereocenters. The first kappa shape index (κ1) is 13.4. The summed E-state index contributed by atoms with van der Waals surface area (Å²) in [5.41, 5.74) is 8.42. The largest absolute Gasteiger partial charge is 0.329 e. The minimum absolute atomic E-state index is 0. The summed E-state index contributed by atoms with van der Waals surface area (Å²) in [5.74, 6) is 0. The zero-order valence-corrected chi connectivity index (χ0v) is 10.5. The van der Waals surface area contributed by atoms with Gasteiger partial charge in [-0.25, -0.2) is 0 Å². The molecule has 0 bridgehead atoms. The topological polar surface area (TPSA) is 42.2 Å². The highest BCUT2D eigenvalue weighted by Gasteiger charge is 2.23. The van der Waals surface area contributed by atoms with E-state index in [9.17, 15) is 0 Å². The standard InChI is InChI=1S/C12H19N3.ClH/c1-10-4-5-14-8-11(10)9-15-6-2-3-12(15)7-13;/h4-5,8,12H,2-3,6-7,9,13H2,1H3;1H. The number of pyridine rings is 1. The second-order valence-corrected chi connectivity index (χ2v) is 4.30. The Morgan fingerprint density at radius 3 is 3.06 bits per heavy atom. The monoisotopic (exact) mass is 241 g/mol. The summed E-state index contributed by atoms with van der Waals surface area (Å²) < 4.78 is 0. The van der Waals surface area contributed by atoms with Crippen molar-refractivity contribution in [2.45, 2.75) is 32.4 Å². The first-order valence-electron chi connectivity index (χ1n) is 5.65. The van der Waals surface area contributed by atoms with Gasteiger partial charge < -0.3 is 5.73 Å². The summed E-state index contributed by atoms with van der Waals surface area (Å²) in [6, 6.07) is 2.65. The van der Waals surface area contributed by atoms with Crippen molar-refractivity contribution in [3.05, 3.63) is 29.6 Å². The van der Waals surface area contributed by atoms with Gasteiger partial charge in [0, 0.05) is 31.5 Å². The Morgan fingerprint density at radius 2 is 2.38 bits per heavy atom. The van der Waals surface area contributed by atoms with Gasteiger partial charge in [-0.15, -0.1) is 12.4 Å². The summed E-state index contributed by atoms with van der Waals surface area (Å²) in [5, 5.41) is 0. The number of nitrogens with two attached hydrogens (primary N) is 1. The number of hydrogen-bond donors (Lipinski definition) is 1. The Hall–Kier alpha value is -0.640. The van der Waals surface area contributed by atoms with E-state index < -0.39 is 0 Å². The van der Waals surface area contributed by atoms with Crippen molar-refractivity contribution in [2.24, 2.45) is 5.73 Å². The third-order valence-corrected chi connectivity index (χ3v) is 3.29. The van der Waals surface area contributed by atoms with Gasteiger partial charge in [0.2, 0.25) is 0 Å². The SMILES string of the molecule is Cc1ccncc1CN1CCCC1CN.Cl. The summed E-state index contributed by atoms with van der Waals surface area (Å²) in [4.78, 5) is 6.66. The van der Waals surface area contributed by atoms with Crippen LogP contribution in [0.1, 0.15) is 24.0 Å². The number of hydrogen-bond acceptors (Lipinski definition) is 3. The molecule has 1 fully saturated rings. The average molecular weight is 242 g/mol. The van der Waals surface area contributed by atoms with Crippen LogP contribution in [0, 0.1) is 6.92 Å². The molecular formula is C12H20ClN3. The molecule has 1 aliphatic rings. The lowest BCUT2D eigenvalue weighted by molar-refractivity contribution is 0.249. The molecule has 3 nitrogen and oxygen atoms in total. The lowest BCUT2D eigenvalue weighted by Gasteiger charge is -2.23. The molecule has 0 amide bonds. The van der Waals surface area contributed by atoms with E-state index in [1.165, 1.54) is 30.5 Å². The minimum atomic E-state index is 0. The molecule has 1 aromatic rings. The molecule has 2 N–H and O–H groups in total. The van der Waals surface area contributed by atoms with Crippen LogP contribution in [0.5, 0.6) is 0 Å². The van der Waals surface area contributed by atoms with Crippen LogP contribution >= 0.6 is 12.4 Å². The van der Waals surface area contributed by atoms with Crippen LogP contribution in [0.4, 0.5) is 0 Å². The smallest absolute Gasteiger partial charge is 0.0315 e. The third-order valence-electron chi connectivity index (χ3n) is 3.29. The summed E-state index contributed by atoms with van der Waals surface area (Å²) in [6.07, 6.45) is 6.35. The van der Waals surface area contributed by atoms with Crippen LogP contribution in [-0.4, -0.2) is 29.0 Å². The lowest BCUT2D eigenvalue weighted by Crippen LogP contribution is -2.35. The van der Waals surface area contributed by atoms with E-state index in [0.29, 0.717) is 6.04 Å². The fourth-order valence-corrected chi connectivity index (χ4v) is 2.25. The van der Waals surface area contributed by atoms with Gasteiger partial charge >= 0.3 is 0 Å². The van der Waals surface area contributed by atoms with Gasteiger partial charge in [-0.3, -0.25) is 9.88 Å². The van der Waals surface area contributed by atoms with Crippen molar-refractivity contribution in [3.63, 3.8) is 0 Å². The Bertz CT molecular complexity index is 330. The van der Waals surface area contributed by atoms with Gasteiger partial charge in [-0.1, -0.05) is 0 Å². The highest BCUT2D eigenvalue weighted by Crippen LogP contribution is 2.19. The number of rotatable bonds is 3. The number of halogens is 1. The maximum absolute atomic E-state index is 5.76. The molecule has 1 aromatic heterocycles. The van der Waals surface area contributed by atoms with E-state index in [1.54, 1.807) is 0 Å². The zero-order valence-electron chi connectivity index (χ0n) is 9.72. The fraction of sp³-hybridized carbons (Fsp3) is 0.583. The second-order valence-electron chi connectivity index (χ2n) is 4.30. The van der Waals surface area contributed by atoms with Gasteiger partial charge in [-0.05, 0) is 43.5 Å². The minimum Gasteiger partial charge on any atom is -0.329 e. The lowest BCUT2D eigenvalue weighted by atomic mass is 10.1. The molecule has 0 aromatic carbocycles. The van der Waals surface area contributed by atoms with E-state index in [1.807, 2.05) is 12.4 Å². The van der Waals surface area contributed by atoms with Gasteiger partial charge in [0.1, 0.15) is 0 Å². The first-order chi connectivity index (χ1) is 7.31. The fourth-order valence-electron chi connectivity index (χ4n) is 2.25. The molecule has 1 saturated heterocycles. The molecule has 1 atom stereocenters. The van der Waals surface area contributed by atoms with E-state index in [4.69, 9.17) is 5.73 Å². The summed E-state index contributed by atoms with van der Waals surface area (Å²) in [6.45, 7) is 5.10. The average Bonchev–Trinajstić information content (AvgIpc) is 2.69. The highest BCUT2D eigenvalue weighted by molar-refractivity contribution is 5.85. The predicted octanol–water partition coefficient (Wildman–Crippen LogP) is 1.73. The Labute approximate surface area is 103 Å². The molecule has 0 spiro atoms. The molecule has 2 heterocycles. The number of likely N-dealkylation sites (tertiary alicyclic amines) is 1. The van der Waals surface area contributed by atoms with Crippen molar-refractivity contribution < 1.29 is 0 Å². The molecule has 0 saturated carbocycles. The van der Waals surface area contributed by atoms with Gasteiger partial charge in [0.05, 0.1) is 0 Å².